The van der Waals surface area contributed by atoms with Crippen LogP contribution in [0.25, 0.3) is 0 Å². The maximum Gasteiger partial charge on any atom is 0.241 e. The first-order chi connectivity index (χ1) is 7.22. The van der Waals surface area contributed by atoms with Crippen molar-refractivity contribution in [3.05, 3.63) is 33.8 Å². The normalized spacial score (nSPS) is 19.5. The Bertz CT molecular complexity index is 392. The number of benzene rings is 1. The molecule has 1 aromatic rings. The average Bonchev–Trinajstić information content (AvgIpc) is 2.27. The molecule has 1 aliphatic rings. The molecule has 1 amide bonds. The summed E-state index contributed by atoms with van der Waals surface area (Å²) in [6.07, 6.45) is 0.982. The third kappa shape index (κ3) is 2.06. The molecular formula is C11H13BrN2O. The minimum atomic E-state index is -0.212. The highest BCUT2D eigenvalue weighted by Gasteiger charge is 2.25. The molecule has 2 rings (SSSR count). The summed E-state index contributed by atoms with van der Waals surface area (Å²) < 4.78 is 1.01. The van der Waals surface area contributed by atoms with Crippen LogP contribution in [0.2, 0.25) is 0 Å². The Morgan fingerprint density at radius 1 is 1.60 bits per heavy atom. The van der Waals surface area contributed by atoms with Gasteiger partial charge in [0.25, 0.3) is 0 Å². The van der Waals surface area contributed by atoms with E-state index in [0.29, 0.717) is 0 Å². The van der Waals surface area contributed by atoms with Crippen LogP contribution >= 0.6 is 15.9 Å². The molecule has 1 unspecified atom stereocenters. The molecule has 1 aromatic carbocycles. The van der Waals surface area contributed by atoms with Gasteiger partial charge in [-0.05, 0) is 29.7 Å². The van der Waals surface area contributed by atoms with E-state index in [0.717, 1.165) is 23.0 Å². The van der Waals surface area contributed by atoms with Crippen molar-refractivity contribution in [2.75, 3.05) is 13.6 Å². The summed E-state index contributed by atoms with van der Waals surface area (Å²) in [6.45, 7) is 0.854. The summed E-state index contributed by atoms with van der Waals surface area (Å²) in [7, 11) is 1.66. The summed E-state index contributed by atoms with van der Waals surface area (Å²) in [5.74, 6) is 0.0223. The Balaban J connectivity index is 2.40. The van der Waals surface area contributed by atoms with Gasteiger partial charge in [0, 0.05) is 18.1 Å². The molecule has 2 N–H and O–H groups in total. The molecule has 15 heavy (non-hydrogen) atoms. The lowest BCUT2D eigenvalue weighted by Gasteiger charge is -2.25. The summed E-state index contributed by atoms with van der Waals surface area (Å²) in [5.41, 5.74) is 2.33. The van der Waals surface area contributed by atoms with E-state index >= 15 is 0 Å². The second-order valence-corrected chi connectivity index (χ2v) is 4.51. The van der Waals surface area contributed by atoms with Crippen LogP contribution in [0.1, 0.15) is 17.2 Å². The zero-order valence-corrected chi connectivity index (χ0v) is 10.1. The third-order valence-electron chi connectivity index (χ3n) is 2.67. The molecule has 0 aromatic heterocycles. The van der Waals surface area contributed by atoms with Gasteiger partial charge in [0.1, 0.15) is 6.04 Å². The van der Waals surface area contributed by atoms with Crippen molar-refractivity contribution in [3.8, 4) is 0 Å². The monoisotopic (exact) mass is 268 g/mol. The van der Waals surface area contributed by atoms with Gasteiger partial charge in [-0.3, -0.25) is 4.79 Å². The fourth-order valence-corrected chi connectivity index (χ4v) is 2.28. The van der Waals surface area contributed by atoms with Gasteiger partial charge in [-0.2, -0.15) is 0 Å². The molecule has 4 heteroatoms. The van der Waals surface area contributed by atoms with Crippen LogP contribution in [0.5, 0.6) is 0 Å². The highest BCUT2D eigenvalue weighted by Crippen LogP contribution is 2.26. The summed E-state index contributed by atoms with van der Waals surface area (Å²) in [5, 5.41) is 5.90. The van der Waals surface area contributed by atoms with E-state index in [4.69, 9.17) is 0 Å². The highest BCUT2D eigenvalue weighted by atomic mass is 79.9. The van der Waals surface area contributed by atoms with Crippen molar-refractivity contribution >= 4 is 21.8 Å². The van der Waals surface area contributed by atoms with Crippen LogP contribution in [0.15, 0.2) is 22.7 Å². The van der Waals surface area contributed by atoms with Crippen molar-refractivity contribution in [1.29, 1.82) is 0 Å². The molecule has 0 bridgehead atoms. The number of hydrogen-bond donors (Lipinski definition) is 2. The van der Waals surface area contributed by atoms with Gasteiger partial charge >= 0.3 is 0 Å². The predicted octanol–water partition coefficient (Wildman–Crippen LogP) is 1.38. The van der Waals surface area contributed by atoms with Crippen LogP contribution in [0.3, 0.4) is 0 Å². The fourth-order valence-electron chi connectivity index (χ4n) is 1.90. The molecule has 80 valence electrons. The molecule has 1 heterocycles. The van der Waals surface area contributed by atoms with Crippen LogP contribution in [0, 0.1) is 0 Å². The molecule has 0 spiro atoms. The molecule has 1 atom stereocenters. The van der Waals surface area contributed by atoms with Gasteiger partial charge in [0.05, 0.1) is 0 Å². The molecule has 0 saturated heterocycles. The second kappa shape index (κ2) is 4.33. The van der Waals surface area contributed by atoms with Crippen molar-refractivity contribution in [2.45, 2.75) is 12.5 Å². The Morgan fingerprint density at radius 3 is 3.13 bits per heavy atom. The first-order valence-electron chi connectivity index (χ1n) is 4.95. The Hall–Kier alpha value is -0.870. The van der Waals surface area contributed by atoms with E-state index in [1.165, 1.54) is 5.56 Å². The number of carbonyl (C=O) groups excluding carboxylic acids is 1. The Labute approximate surface area is 97.4 Å². The largest absolute Gasteiger partial charge is 0.358 e. The van der Waals surface area contributed by atoms with Crippen molar-refractivity contribution in [2.24, 2.45) is 0 Å². The van der Waals surface area contributed by atoms with E-state index in [2.05, 4.69) is 32.6 Å². The number of nitrogens with one attached hydrogen (secondary N) is 2. The number of amides is 1. The number of carbonyl (C=O) groups is 1. The lowest BCUT2D eigenvalue weighted by Crippen LogP contribution is -2.40. The van der Waals surface area contributed by atoms with E-state index in [1.807, 2.05) is 12.1 Å². The minimum absolute atomic E-state index is 0.0223. The van der Waals surface area contributed by atoms with Crippen LogP contribution in [-0.2, 0) is 11.2 Å². The molecule has 0 aliphatic carbocycles. The topological polar surface area (TPSA) is 41.1 Å². The number of likely N-dealkylation sites (N-methyl/N-ethyl adjacent to an activating group) is 1. The molecule has 3 nitrogen and oxygen atoms in total. The van der Waals surface area contributed by atoms with Gasteiger partial charge in [0.15, 0.2) is 0 Å². The number of fused-ring (bicyclic) bond motifs is 1. The number of halogens is 1. The summed E-state index contributed by atoms with van der Waals surface area (Å²) in [6, 6.07) is 5.90. The van der Waals surface area contributed by atoms with Gasteiger partial charge in [0.2, 0.25) is 5.91 Å². The van der Waals surface area contributed by atoms with E-state index in [9.17, 15) is 4.79 Å². The van der Waals surface area contributed by atoms with Crippen molar-refractivity contribution in [1.82, 2.24) is 10.6 Å². The summed E-state index contributed by atoms with van der Waals surface area (Å²) >= 11 is 3.43. The van der Waals surface area contributed by atoms with Gasteiger partial charge < -0.3 is 10.6 Å². The maximum atomic E-state index is 11.7. The van der Waals surface area contributed by atoms with Crippen molar-refractivity contribution < 1.29 is 4.79 Å². The highest BCUT2D eigenvalue weighted by molar-refractivity contribution is 9.10. The molecule has 0 radical (unpaired) electrons. The minimum Gasteiger partial charge on any atom is -0.358 e. The zero-order valence-electron chi connectivity index (χ0n) is 8.51. The van der Waals surface area contributed by atoms with E-state index in [1.54, 1.807) is 7.05 Å². The van der Waals surface area contributed by atoms with E-state index in [-0.39, 0.29) is 11.9 Å². The van der Waals surface area contributed by atoms with Crippen molar-refractivity contribution in [3.63, 3.8) is 0 Å². The quantitative estimate of drug-likeness (QED) is 0.808. The SMILES string of the molecule is CNC(=O)C1NCCc2ccc(Br)cc21. The lowest BCUT2D eigenvalue weighted by atomic mass is 9.94. The molecule has 0 saturated carbocycles. The van der Waals surface area contributed by atoms with Crippen LogP contribution in [-0.4, -0.2) is 19.5 Å². The lowest BCUT2D eigenvalue weighted by molar-refractivity contribution is -0.122. The molecule has 1 aliphatic heterocycles. The van der Waals surface area contributed by atoms with Gasteiger partial charge in [-0.15, -0.1) is 0 Å². The summed E-state index contributed by atoms with van der Waals surface area (Å²) in [4.78, 5) is 11.7. The zero-order chi connectivity index (χ0) is 10.8. The molecular weight excluding hydrogens is 256 g/mol. The third-order valence-corrected chi connectivity index (χ3v) is 3.16. The Kier molecular flexibility index (Phi) is 3.07. The Morgan fingerprint density at radius 2 is 2.40 bits per heavy atom. The first kappa shape index (κ1) is 10.6. The van der Waals surface area contributed by atoms with E-state index < -0.39 is 0 Å². The van der Waals surface area contributed by atoms with Gasteiger partial charge in [-0.1, -0.05) is 22.0 Å². The number of hydrogen-bond acceptors (Lipinski definition) is 2. The average molecular weight is 269 g/mol. The standard InChI is InChI=1S/C11H13BrN2O/c1-13-11(15)10-9-6-8(12)3-2-7(9)4-5-14-10/h2-3,6,10,14H,4-5H2,1H3,(H,13,15). The van der Waals surface area contributed by atoms with Gasteiger partial charge in [-0.25, -0.2) is 0 Å². The predicted molar refractivity (Wildman–Crippen MR) is 62.7 cm³/mol. The fraction of sp³-hybridized carbons (Fsp3) is 0.364. The van der Waals surface area contributed by atoms with Crippen LogP contribution < -0.4 is 10.6 Å². The first-order valence-corrected chi connectivity index (χ1v) is 5.75. The molecule has 0 fully saturated rings. The maximum absolute atomic E-state index is 11.7. The number of rotatable bonds is 1. The van der Waals surface area contributed by atoms with Crippen LogP contribution in [0.4, 0.5) is 0 Å². The second-order valence-electron chi connectivity index (χ2n) is 3.59. The smallest absolute Gasteiger partial charge is 0.241 e.